The van der Waals surface area contributed by atoms with Gasteiger partial charge >= 0.3 is 0 Å². The first kappa shape index (κ1) is 27.9. The number of aromatic nitrogens is 1. The van der Waals surface area contributed by atoms with E-state index in [-0.39, 0.29) is 35.0 Å². The van der Waals surface area contributed by atoms with Crippen molar-refractivity contribution < 1.29 is 19.1 Å². The van der Waals surface area contributed by atoms with Gasteiger partial charge in [0, 0.05) is 17.3 Å². The fourth-order valence-electron chi connectivity index (χ4n) is 4.05. The highest BCUT2D eigenvalue weighted by Gasteiger charge is 2.27. The maximum atomic E-state index is 13.4. The first-order valence-corrected chi connectivity index (χ1v) is 13.1. The summed E-state index contributed by atoms with van der Waals surface area (Å²) in [6.45, 7) is 2.11. The van der Waals surface area contributed by atoms with Crippen LogP contribution in [-0.2, 0) is 16.1 Å². The molecule has 1 aromatic heterocycles. The van der Waals surface area contributed by atoms with Crippen LogP contribution in [0.1, 0.15) is 28.8 Å². The molecule has 2 aromatic carbocycles. The number of pyridine rings is 1. The predicted molar refractivity (Wildman–Crippen MR) is 147 cm³/mol. The summed E-state index contributed by atoms with van der Waals surface area (Å²) in [7, 11) is 2.06. The van der Waals surface area contributed by atoms with Gasteiger partial charge in [-0.25, -0.2) is 4.98 Å². The highest BCUT2D eigenvalue weighted by Crippen LogP contribution is 2.32. The van der Waals surface area contributed by atoms with E-state index in [4.69, 9.17) is 32.7 Å². The SMILES string of the molecule is CN1CCC(NC(=O)C(COCc2ccccc2)NC(=O)c2cccnc2Oc2ccc(Cl)cc2Cl)CC1. The molecule has 0 radical (unpaired) electrons. The number of carbonyl (C=O) groups excluding carboxylic acids is 2. The largest absolute Gasteiger partial charge is 0.437 e. The van der Waals surface area contributed by atoms with Crippen molar-refractivity contribution in [2.45, 2.75) is 31.5 Å². The summed E-state index contributed by atoms with van der Waals surface area (Å²) in [5.41, 5.74) is 1.12. The number of amides is 2. The minimum absolute atomic E-state index is 0.00143. The third-order valence-electron chi connectivity index (χ3n) is 6.20. The molecule has 0 saturated carbocycles. The molecule has 3 aromatic rings. The summed E-state index contributed by atoms with van der Waals surface area (Å²) in [4.78, 5) is 33.0. The molecule has 8 nitrogen and oxygen atoms in total. The molecule has 1 atom stereocenters. The van der Waals surface area contributed by atoms with Crippen LogP contribution in [0.3, 0.4) is 0 Å². The molecule has 0 spiro atoms. The highest BCUT2D eigenvalue weighted by molar-refractivity contribution is 6.35. The second kappa shape index (κ2) is 13.6. The molecule has 2 heterocycles. The van der Waals surface area contributed by atoms with Crippen LogP contribution in [0.15, 0.2) is 66.9 Å². The van der Waals surface area contributed by atoms with E-state index < -0.39 is 11.9 Å². The summed E-state index contributed by atoms with van der Waals surface area (Å²) in [6.07, 6.45) is 3.19. The third kappa shape index (κ3) is 7.91. The molecular formula is C28H30Cl2N4O4. The van der Waals surface area contributed by atoms with E-state index in [2.05, 4.69) is 27.6 Å². The Morgan fingerprint density at radius 1 is 1.08 bits per heavy atom. The van der Waals surface area contributed by atoms with Gasteiger partial charge in [-0.05, 0) is 68.9 Å². The number of halogens is 2. The van der Waals surface area contributed by atoms with Gasteiger partial charge in [0.1, 0.15) is 17.4 Å². The summed E-state index contributed by atoms with van der Waals surface area (Å²) < 4.78 is 11.7. The summed E-state index contributed by atoms with van der Waals surface area (Å²) in [5.74, 6) is -0.474. The normalized spacial score (nSPS) is 15.0. The number of nitrogens with zero attached hydrogens (tertiary/aromatic N) is 2. The van der Waals surface area contributed by atoms with Gasteiger partial charge in [-0.3, -0.25) is 9.59 Å². The molecule has 0 bridgehead atoms. The van der Waals surface area contributed by atoms with E-state index in [0.29, 0.717) is 17.4 Å². The van der Waals surface area contributed by atoms with Crippen LogP contribution in [-0.4, -0.2) is 60.5 Å². The Morgan fingerprint density at radius 2 is 1.84 bits per heavy atom. The van der Waals surface area contributed by atoms with Crippen molar-refractivity contribution in [1.29, 1.82) is 0 Å². The van der Waals surface area contributed by atoms with Crippen molar-refractivity contribution in [3.8, 4) is 11.6 Å². The van der Waals surface area contributed by atoms with E-state index in [9.17, 15) is 9.59 Å². The molecular weight excluding hydrogens is 527 g/mol. The van der Waals surface area contributed by atoms with Crippen molar-refractivity contribution in [3.05, 3.63) is 88.0 Å². The molecule has 2 N–H and O–H groups in total. The van der Waals surface area contributed by atoms with Crippen LogP contribution in [0, 0.1) is 0 Å². The molecule has 4 rings (SSSR count). The van der Waals surface area contributed by atoms with Crippen molar-refractivity contribution in [2.75, 3.05) is 26.7 Å². The van der Waals surface area contributed by atoms with Crippen molar-refractivity contribution in [3.63, 3.8) is 0 Å². The molecule has 1 aliphatic heterocycles. The fourth-order valence-corrected chi connectivity index (χ4v) is 4.50. The number of benzene rings is 2. The Kier molecular flexibility index (Phi) is 9.95. The molecule has 10 heteroatoms. The third-order valence-corrected chi connectivity index (χ3v) is 6.73. The maximum absolute atomic E-state index is 13.4. The number of carbonyl (C=O) groups is 2. The lowest BCUT2D eigenvalue weighted by Gasteiger charge is -2.30. The summed E-state index contributed by atoms with van der Waals surface area (Å²) >= 11 is 12.2. The molecule has 1 saturated heterocycles. The van der Waals surface area contributed by atoms with Gasteiger partial charge in [0.2, 0.25) is 11.8 Å². The van der Waals surface area contributed by atoms with Gasteiger partial charge in [-0.15, -0.1) is 0 Å². The predicted octanol–water partition coefficient (Wildman–Crippen LogP) is 4.71. The maximum Gasteiger partial charge on any atom is 0.257 e. The minimum atomic E-state index is -0.918. The van der Waals surface area contributed by atoms with E-state index in [1.54, 1.807) is 24.3 Å². The second-order valence-electron chi connectivity index (χ2n) is 9.15. The van der Waals surface area contributed by atoms with Gasteiger partial charge in [-0.2, -0.15) is 0 Å². The molecule has 1 aliphatic rings. The van der Waals surface area contributed by atoms with E-state index in [1.165, 1.54) is 12.3 Å². The van der Waals surface area contributed by atoms with Crippen molar-refractivity contribution >= 4 is 35.0 Å². The molecule has 2 amide bonds. The van der Waals surface area contributed by atoms with Gasteiger partial charge < -0.3 is 25.0 Å². The molecule has 1 fully saturated rings. The monoisotopic (exact) mass is 556 g/mol. The number of hydrogen-bond donors (Lipinski definition) is 2. The standard InChI is InChI=1S/C28H30Cl2N4O4/c1-34-14-11-21(12-15-34)32-27(36)24(18-37-17-19-6-3-2-4-7-19)33-26(35)22-8-5-13-31-28(22)38-25-10-9-20(29)16-23(25)30/h2-10,13,16,21,24H,11-12,14-15,17-18H2,1H3,(H,32,36)(H,33,35). The van der Waals surface area contributed by atoms with E-state index >= 15 is 0 Å². The van der Waals surface area contributed by atoms with E-state index in [0.717, 1.165) is 31.5 Å². The Balaban J connectivity index is 1.47. The molecule has 200 valence electrons. The molecule has 38 heavy (non-hydrogen) atoms. The topological polar surface area (TPSA) is 92.8 Å². The van der Waals surface area contributed by atoms with Crippen molar-refractivity contribution in [2.24, 2.45) is 0 Å². The number of rotatable bonds is 10. The summed E-state index contributed by atoms with van der Waals surface area (Å²) in [5, 5.41) is 6.61. The highest BCUT2D eigenvalue weighted by atomic mass is 35.5. The quantitative estimate of drug-likeness (QED) is 0.375. The fraction of sp³-hybridized carbons (Fsp3) is 0.321. The van der Waals surface area contributed by atoms with Crippen LogP contribution in [0.4, 0.5) is 0 Å². The average Bonchev–Trinajstić information content (AvgIpc) is 2.92. The Bertz CT molecular complexity index is 1240. The number of hydrogen-bond acceptors (Lipinski definition) is 6. The minimum Gasteiger partial charge on any atom is -0.437 e. The van der Waals surface area contributed by atoms with Crippen LogP contribution in [0.25, 0.3) is 0 Å². The van der Waals surface area contributed by atoms with Crippen LogP contribution < -0.4 is 15.4 Å². The number of ether oxygens (including phenoxy) is 2. The van der Waals surface area contributed by atoms with Crippen LogP contribution >= 0.6 is 23.2 Å². The Hall–Kier alpha value is -3.17. The average molecular weight is 557 g/mol. The van der Waals surface area contributed by atoms with Crippen LogP contribution in [0.5, 0.6) is 11.6 Å². The first-order chi connectivity index (χ1) is 18.4. The zero-order chi connectivity index (χ0) is 26.9. The molecule has 0 aliphatic carbocycles. The smallest absolute Gasteiger partial charge is 0.257 e. The summed E-state index contributed by atoms with van der Waals surface area (Å²) in [6, 6.07) is 16.7. The lowest BCUT2D eigenvalue weighted by molar-refractivity contribution is -0.125. The van der Waals surface area contributed by atoms with Gasteiger partial charge in [0.05, 0.1) is 18.2 Å². The Morgan fingerprint density at radius 3 is 2.58 bits per heavy atom. The first-order valence-electron chi connectivity index (χ1n) is 12.4. The number of piperidine rings is 1. The Labute approximate surface area is 232 Å². The lowest BCUT2D eigenvalue weighted by Crippen LogP contribution is -2.53. The molecule has 1 unspecified atom stereocenters. The van der Waals surface area contributed by atoms with E-state index in [1.807, 2.05) is 30.3 Å². The lowest BCUT2D eigenvalue weighted by atomic mass is 10.1. The van der Waals surface area contributed by atoms with Gasteiger partial charge in [0.25, 0.3) is 5.91 Å². The van der Waals surface area contributed by atoms with Gasteiger partial charge in [-0.1, -0.05) is 53.5 Å². The number of nitrogens with one attached hydrogen (secondary N) is 2. The zero-order valence-electron chi connectivity index (χ0n) is 21.0. The van der Waals surface area contributed by atoms with Crippen molar-refractivity contribution in [1.82, 2.24) is 20.5 Å². The second-order valence-corrected chi connectivity index (χ2v) is 9.99. The zero-order valence-corrected chi connectivity index (χ0v) is 22.5. The van der Waals surface area contributed by atoms with Crippen LogP contribution in [0.2, 0.25) is 10.0 Å². The van der Waals surface area contributed by atoms with Gasteiger partial charge in [0.15, 0.2) is 0 Å². The number of likely N-dealkylation sites (tertiary alicyclic amines) is 1.